The Bertz CT molecular complexity index is 555. The molecule has 7 nitrogen and oxygen atoms in total. The maximum Gasteiger partial charge on any atom is 0.318 e. The number of β-amino-alcohol motifs (C(OH)–C–C–N with tert-alkyl or cyclic N) is 1. The highest BCUT2D eigenvalue weighted by atomic mass is 35.5. The highest BCUT2D eigenvalue weighted by Crippen LogP contribution is 2.32. The number of amides is 1. The number of nitrogens with zero attached hydrogens (tertiary/aromatic N) is 4. The molecule has 1 aromatic rings. The summed E-state index contributed by atoms with van der Waals surface area (Å²) in [5, 5.41) is 11.1. The third-order valence-electron chi connectivity index (χ3n) is 3.72. The zero-order valence-corrected chi connectivity index (χ0v) is 13.8. The second-order valence-corrected chi connectivity index (χ2v) is 6.15. The van der Waals surface area contributed by atoms with Gasteiger partial charge in [0, 0.05) is 27.2 Å². The van der Waals surface area contributed by atoms with Gasteiger partial charge >= 0.3 is 6.01 Å². The predicted octanol–water partition coefficient (Wildman–Crippen LogP) is 0.948. The van der Waals surface area contributed by atoms with Gasteiger partial charge in [0.2, 0.25) is 5.91 Å². The molecule has 1 fully saturated rings. The van der Waals surface area contributed by atoms with Gasteiger partial charge < -0.3 is 19.6 Å². The molecule has 0 bridgehead atoms. The second-order valence-electron chi connectivity index (χ2n) is 5.74. The van der Waals surface area contributed by atoms with E-state index in [0.717, 1.165) is 6.42 Å². The monoisotopic (exact) mass is 328 g/mol. The minimum Gasteiger partial charge on any atom is -0.467 e. The van der Waals surface area contributed by atoms with Crippen LogP contribution in [0.5, 0.6) is 6.01 Å². The van der Waals surface area contributed by atoms with Crippen LogP contribution in [0.4, 0.5) is 5.82 Å². The third kappa shape index (κ3) is 3.78. The molecule has 122 valence electrons. The van der Waals surface area contributed by atoms with Crippen LogP contribution >= 0.6 is 11.6 Å². The first-order chi connectivity index (χ1) is 10.3. The molecular weight excluding hydrogens is 308 g/mol. The first-order valence-corrected chi connectivity index (χ1v) is 7.46. The average molecular weight is 329 g/mol. The van der Waals surface area contributed by atoms with Crippen LogP contribution in [-0.4, -0.2) is 65.8 Å². The van der Waals surface area contributed by atoms with Gasteiger partial charge in [-0.25, -0.2) is 4.98 Å². The van der Waals surface area contributed by atoms with Gasteiger partial charge in [-0.15, -0.1) is 0 Å². The number of hydrogen-bond donors (Lipinski definition) is 1. The van der Waals surface area contributed by atoms with E-state index >= 15 is 0 Å². The van der Waals surface area contributed by atoms with Crippen LogP contribution in [0.25, 0.3) is 0 Å². The molecule has 1 amide bonds. The molecule has 1 aromatic heterocycles. The van der Waals surface area contributed by atoms with Crippen LogP contribution in [0.3, 0.4) is 0 Å². The number of methoxy groups -OCH3 is 1. The van der Waals surface area contributed by atoms with Gasteiger partial charge in [-0.1, -0.05) is 11.6 Å². The van der Waals surface area contributed by atoms with Gasteiger partial charge in [-0.3, -0.25) is 4.79 Å². The normalized spacial score (nSPS) is 21.6. The molecule has 22 heavy (non-hydrogen) atoms. The number of rotatable bonds is 4. The summed E-state index contributed by atoms with van der Waals surface area (Å²) in [6.45, 7) is 1.00. The van der Waals surface area contributed by atoms with Crippen LogP contribution in [0, 0.1) is 0 Å². The summed E-state index contributed by atoms with van der Waals surface area (Å²) in [6, 6.07) is 0.220. The number of aliphatic hydroxyl groups is 1. The molecule has 1 N–H and O–H groups in total. The van der Waals surface area contributed by atoms with E-state index in [1.165, 1.54) is 18.2 Å². The smallest absolute Gasteiger partial charge is 0.318 e. The lowest BCUT2D eigenvalue weighted by molar-refractivity contribution is -0.134. The van der Waals surface area contributed by atoms with Gasteiger partial charge in [0.1, 0.15) is 5.02 Å². The molecule has 1 aliphatic heterocycles. The summed E-state index contributed by atoms with van der Waals surface area (Å²) < 4.78 is 5.02. The van der Waals surface area contributed by atoms with E-state index in [2.05, 4.69) is 9.97 Å². The van der Waals surface area contributed by atoms with Crippen LogP contribution in [-0.2, 0) is 4.79 Å². The van der Waals surface area contributed by atoms with Crippen LogP contribution in [0.2, 0.25) is 5.02 Å². The summed E-state index contributed by atoms with van der Waals surface area (Å²) >= 11 is 6.16. The van der Waals surface area contributed by atoms with Crippen molar-refractivity contribution >= 4 is 23.3 Å². The van der Waals surface area contributed by atoms with E-state index in [0.29, 0.717) is 30.4 Å². The second kappa shape index (κ2) is 6.66. The highest BCUT2D eigenvalue weighted by molar-refractivity contribution is 6.32. The number of piperidine rings is 1. The minimum atomic E-state index is -1.08. The Morgan fingerprint density at radius 1 is 1.59 bits per heavy atom. The quantitative estimate of drug-likeness (QED) is 0.886. The van der Waals surface area contributed by atoms with Crippen molar-refractivity contribution in [2.75, 3.05) is 39.2 Å². The van der Waals surface area contributed by atoms with Gasteiger partial charge in [0.15, 0.2) is 5.82 Å². The third-order valence-corrected chi connectivity index (χ3v) is 3.99. The van der Waals surface area contributed by atoms with E-state index in [-0.39, 0.29) is 18.3 Å². The predicted molar refractivity (Wildman–Crippen MR) is 83.3 cm³/mol. The van der Waals surface area contributed by atoms with Gasteiger partial charge in [0.25, 0.3) is 0 Å². The topological polar surface area (TPSA) is 78.8 Å². The zero-order chi connectivity index (χ0) is 16.3. The van der Waals surface area contributed by atoms with Crippen molar-refractivity contribution in [3.8, 4) is 6.01 Å². The maximum atomic E-state index is 11.9. The molecule has 2 rings (SSSR count). The lowest BCUT2D eigenvalue weighted by Gasteiger charge is -2.40. The molecule has 1 saturated heterocycles. The number of ether oxygens (including phenoxy) is 1. The fraction of sp³-hybridized carbons (Fsp3) is 0.643. The molecule has 0 radical (unpaired) electrons. The van der Waals surface area contributed by atoms with Crippen molar-refractivity contribution in [3.05, 3.63) is 11.2 Å². The molecule has 8 heteroatoms. The minimum absolute atomic E-state index is 0.0797. The van der Waals surface area contributed by atoms with Crippen molar-refractivity contribution in [1.29, 1.82) is 0 Å². The largest absolute Gasteiger partial charge is 0.467 e. The Labute approximate surface area is 134 Å². The maximum absolute atomic E-state index is 11.9. The van der Waals surface area contributed by atoms with Gasteiger partial charge in [-0.2, -0.15) is 4.98 Å². The van der Waals surface area contributed by atoms with E-state index in [4.69, 9.17) is 16.3 Å². The fourth-order valence-corrected chi connectivity index (χ4v) is 2.75. The number of aromatic nitrogens is 2. The molecular formula is C14H21ClN4O3. The lowest BCUT2D eigenvalue weighted by Crippen LogP contribution is -2.50. The summed E-state index contributed by atoms with van der Waals surface area (Å²) in [5.74, 6) is 0.416. The van der Waals surface area contributed by atoms with Crippen LogP contribution in [0.1, 0.15) is 19.3 Å². The average Bonchev–Trinajstić information content (AvgIpc) is 2.47. The van der Waals surface area contributed by atoms with Gasteiger partial charge in [0.05, 0.1) is 25.3 Å². The first kappa shape index (κ1) is 16.8. The molecule has 0 saturated carbocycles. The highest BCUT2D eigenvalue weighted by Gasteiger charge is 2.37. The Kier molecular flexibility index (Phi) is 5.08. The molecule has 1 unspecified atom stereocenters. The standard InChI is InChI=1S/C14H21ClN4O3/c1-18(2)11(20)7-14(21)5-4-6-19(9-14)12-10(15)8-16-13(17-12)22-3/h8,21H,4-7,9H2,1-3H3. The molecule has 0 aliphatic carbocycles. The molecule has 1 atom stereocenters. The molecule has 0 spiro atoms. The van der Waals surface area contributed by atoms with Crippen molar-refractivity contribution in [3.63, 3.8) is 0 Å². The molecule has 1 aliphatic rings. The molecule has 2 heterocycles. The summed E-state index contributed by atoms with van der Waals surface area (Å²) in [7, 11) is 4.84. The summed E-state index contributed by atoms with van der Waals surface area (Å²) in [6.07, 6.45) is 2.88. The Morgan fingerprint density at radius 2 is 2.32 bits per heavy atom. The van der Waals surface area contributed by atoms with Crippen LogP contribution in [0.15, 0.2) is 6.20 Å². The molecule has 0 aromatic carbocycles. The lowest BCUT2D eigenvalue weighted by atomic mass is 9.89. The fourth-order valence-electron chi connectivity index (χ4n) is 2.54. The number of halogens is 1. The van der Waals surface area contributed by atoms with E-state index in [9.17, 15) is 9.90 Å². The Morgan fingerprint density at radius 3 is 2.95 bits per heavy atom. The SMILES string of the molecule is COc1ncc(Cl)c(N2CCCC(O)(CC(=O)N(C)C)C2)n1. The Balaban J connectivity index is 2.18. The number of anilines is 1. The number of carbonyl (C=O) groups is 1. The van der Waals surface area contributed by atoms with E-state index < -0.39 is 5.60 Å². The van der Waals surface area contributed by atoms with Crippen molar-refractivity contribution < 1.29 is 14.6 Å². The number of carbonyl (C=O) groups excluding carboxylic acids is 1. The first-order valence-electron chi connectivity index (χ1n) is 7.09. The Hall–Kier alpha value is -1.60. The summed E-state index contributed by atoms with van der Waals surface area (Å²) in [4.78, 5) is 23.5. The van der Waals surface area contributed by atoms with Gasteiger partial charge in [-0.05, 0) is 12.8 Å². The zero-order valence-electron chi connectivity index (χ0n) is 13.0. The summed E-state index contributed by atoms with van der Waals surface area (Å²) in [5.41, 5.74) is -1.08. The van der Waals surface area contributed by atoms with E-state index in [1.54, 1.807) is 14.1 Å². The van der Waals surface area contributed by atoms with E-state index in [1.807, 2.05) is 4.90 Å². The van der Waals surface area contributed by atoms with Crippen molar-refractivity contribution in [2.45, 2.75) is 24.9 Å². The van der Waals surface area contributed by atoms with Crippen molar-refractivity contribution in [2.24, 2.45) is 0 Å². The number of hydrogen-bond acceptors (Lipinski definition) is 6. The van der Waals surface area contributed by atoms with Crippen LogP contribution < -0.4 is 9.64 Å². The van der Waals surface area contributed by atoms with Crippen molar-refractivity contribution in [1.82, 2.24) is 14.9 Å².